The van der Waals surface area contributed by atoms with E-state index >= 15 is 8.78 Å². The Bertz CT molecular complexity index is 1560. The Hall–Kier alpha value is -3.43. The zero-order chi connectivity index (χ0) is 35.6. The molecule has 0 aliphatic heterocycles. The molecule has 0 bridgehead atoms. The summed E-state index contributed by atoms with van der Waals surface area (Å²) in [5, 5.41) is 11.2. The van der Waals surface area contributed by atoms with Gasteiger partial charge in [-0.2, -0.15) is 0 Å². The number of allylic oxidation sites excluding steroid dienone is 4. The van der Waals surface area contributed by atoms with E-state index in [1.807, 2.05) is 0 Å². The van der Waals surface area contributed by atoms with Gasteiger partial charge >= 0.3 is 12.1 Å². The average molecular weight is 703 g/mol. The van der Waals surface area contributed by atoms with Crippen LogP contribution in [0.25, 0.3) is 0 Å². The quantitative estimate of drug-likeness (QED) is 0.159. The maximum Gasteiger partial charge on any atom is 0.509 e. The minimum absolute atomic E-state index is 0.00242. The fourth-order valence-corrected chi connectivity index (χ4v) is 9.94. The van der Waals surface area contributed by atoms with Crippen LogP contribution in [-0.2, 0) is 23.8 Å². The summed E-state index contributed by atoms with van der Waals surface area (Å²) in [5.41, 5.74) is -7.14. The second kappa shape index (κ2) is 14.4. The van der Waals surface area contributed by atoms with Crippen molar-refractivity contribution in [2.24, 2.45) is 28.6 Å². The normalized spacial score (nSPS) is 35.9. The average Bonchev–Trinajstić information content (AvgIpc) is 3.67. The number of carbonyl (C=O) groups excluding carboxylic acids is 4. The van der Waals surface area contributed by atoms with Crippen LogP contribution in [0.1, 0.15) is 83.2 Å². The highest BCUT2D eigenvalue weighted by molar-refractivity contribution is 8.14. The van der Waals surface area contributed by atoms with Crippen molar-refractivity contribution >= 4 is 34.8 Å². The van der Waals surface area contributed by atoms with E-state index in [9.17, 15) is 24.3 Å². The second-order valence-corrected chi connectivity index (χ2v) is 14.9. The number of carbonyl (C=O) groups is 4. The van der Waals surface area contributed by atoms with Gasteiger partial charge in [0.05, 0.1) is 24.7 Å². The van der Waals surface area contributed by atoms with Crippen LogP contribution in [0.5, 0.6) is 0 Å². The van der Waals surface area contributed by atoms with E-state index in [4.69, 9.17) is 18.6 Å². The molecule has 4 aliphatic carbocycles. The number of aliphatic hydroxyl groups is 1. The van der Waals surface area contributed by atoms with Gasteiger partial charge in [-0.05, 0) is 68.4 Å². The molecule has 1 aromatic rings. The van der Waals surface area contributed by atoms with Crippen molar-refractivity contribution in [3.05, 3.63) is 48.0 Å². The first-order valence-corrected chi connectivity index (χ1v) is 17.9. The predicted molar refractivity (Wildman–Crippen MR) is 177 cm³/mol. The van der Waals surface area contributed by atoms with E-state index in [1.165, 1.54) is 37.5 Å². The number of halogens is 2. The molecule has 3 fully saturated rings. The summed E-state index contributed by atoms with van der Waals surface area (Å²) < 4.78 is 55.1. The molecule has 5 rings (SSSR count). The van der Waals surface area contributed by atoms with Crippen molar-refractivity contribution in [3.63, 3.8) is 0 Å². The van der Waals surface area contributed by atoms with Gasteiger partial charge in [0.15, 0.2) is 23.7 Å². The van der Waals surface area contributed by atoms with Crippen LogP contribution >= 0.6 is 11.8 Å². The first kappa shape index (κ1) is 36.8. The van der Waals surface area contributed by atoms with Gasteiger partial charge in [0.1, 0.15) is 6.17 Å². The highest BCUT2D eigenvalue weighted by atomic mass is 32.2. The zero-order valence-corrected chi connectivity index (χ0v) is 29.1. The maximum atomic E-state index is 17.7. The fraction of sp³-hybridized carbons (Fsp3) is 0.622. The number of fused-ring (bicyclic) bond motifs is 5. The monoisotopic (exact) mass is 702 g/mol. The maximum absolute atomic E-state index is 17.7. The summed E-state index contributed by atoms with van der Waals surface area (Å²) >= 11 is 0.799. The van der Waals surface area contributed by atoms with Gasteiger partial charge in [-0.25, -0.2) is 18.4 Å². The van der Waals surface area contributed by atoms with E-state index in [0.717, 1.165) is 43.5 Å². The number of rotatable bonds is 10. The number of ether oxygens (including phenoxy) is 3. The van der Waals surface area contributed by atoms with Gasteiger partial charge in [-0.1, -0.05) is 69.7 Å². The zero-order valence-electron chi connectivity index (χ0n) is 28.3. The SMILES string of the molecule is CCCCCCOC(=O)OCC#CCSC(=O)[C@@]1(OC(=O)c2ccco2)[C@H](C)C[C@H]2[C@@H]3C[C@H](F)C4=CC(=O)C=C[C@]4(C)[C@@]3(F)[C@@H](O)C[C@@]21C. The molecule has 0 saturated heterocycles. The number of ketones is 1. The molecule has 0 unspecified atom stereocenters. The molecule has 3 saturated carbocycles. The molecule has 0 amide bonds. The van der Waals surface area contributed by atoms with Crippen molar-refractivity contribution in [1.82, 2.24) is 0 Å². The van der Waals surface area contributed by atoms with E-state index < -0.39 is 75.2 Å². The van der Waals surface area contributed by atoms with Crippen LogP contribution in [0.3, 0.4) is 0 Å². The Balaban J connectivity index is 1.38. The lowest BCUT2D eigenvalue weighted by Crippen LogP contribution is -2.70. The summed E-state index contributed by atoms with van der Waals surface area (Å²) in [6, 6.07) is 2.90. The number of hydrogen-bond donors (Lipinski definition) is 1. The Morgan fingerprint density at radius 2 is 1.90 bits per heavy atom. The second-order valence-electron chi connectivity index (χ2n) is 14.0. The fourth-order valence-electron chi connectivity index (χ4n) is 8.94. The molecule has 4 aliphatic rings. The van der Waals surface area contributed by atoms with Gasteiger partial charge in [-0.3, -0.25) is 9.59 Å². The van der Waals surface area contributed by atoms with Crippen molar-refractivity contribution in [3.8, 4) is 11.8 Å². The van der Waals surface area contributed by atoms with Crippen molar-refractivity contribution in [2.45, 2.75) is 96.2 Å². The molecule has 0 radical (unpaired) electrons. The molecule has 1 N–H and O–H groups in total. The first-order chi connectivity index (χ1) is 23.3. The van der Waals surface area contributed by atoms with Crippen LogP contribution in [-0.4, -0.2) is 70.6 Å². The molecule has 12 heteroatoms. The molecule has 0 aromatic carbocycles. The Morgan fingerprint density at radius 1 is 1.12 bits per heavy atom. The van der Waals surface area contributed by atoms with Gasteiger partial charge in [0.2, 0.25) is 10.9 Å². The predicted octanol–water partition coefficient (Wildman–Crippen LogP) is 6.74. The molecule has 266 valence electrons. The highest BCUT2D eigenvalue weighted by Crippen LogP contribution is 2.72. The third kappa shape index (κ3) is 6.26. The van der Waals surface area contributed by atoms with E-state index in [2.05, 4.69) is 18.8 Å². The molecule has 49 heavy (non-hydrogen) atoms. The van der Waals surface area contributed by atoms with E-state index in [-0.39, 0.29) is 49.6 Å². The van der Waals surface area contributed by atoms with Crippen LogP contribution in [0, 0.1) is 40.4 Å². The minimum Gasteiger partial charge on any atom is -0.457 e. The number of thioether (sulfide) groups is 1. The molecular formula is C37H44F2O9S. The van der Waals surface area contributed by atoms with Gasteiger partial charge in [0, 0.05) is 22.7 Å². The number of alkyl halides is 2. The summed E-state index contributed by atoms with van der Waals surface area (Å²) in [4.78, 5) is 51.8. The number of hydrogen-bond acceptors (Lipinski definition) is 10. The Kier molecular flexibility index (Phi) is 10.9. The Labute approximate surface area is 289 Å². The summed E-state index contributed by atoms with van der Waals surface area (Å²) in [7, 11) is 0. The van der Waals surface area contributed by atoms with Crippen LogP contribution in [0.2, 0.25) is 0 Å². The molecule has 1 heterocycles. The van der Waals surface area contributed by atoms with Crippen molar-refractivity contribution in [2.75, 3.05) is 19.0 Å². The van der Waals surface area contributed by atoms with E-state index in [1.54, 1.807) is 13.8 Å². The van der Waals surface area contributed by atoms with Crippen LogP contribution < -0.4 is 0 Å². The third-order valence-electron chi connectivity index (χ3n) is 11.3. The molecule has 0 spiro atoms. The topological polar surface area (TPSA) is 129 Å². The molecular weight excluding hydrogens is 658 g/mol. The lowest BCUT2D eigenvalue weighted by molar-refractivity contribution is -0.221. The Morgan fingerprint density at radius 3 is 2.61 bits per heavy atom. The molecule has 1 aromatic heterocycles. The minimum atomic E-state index is -2.36. The number of furan rings is 1. The van der Waals surface area contributed by atoms with Gasteiger partial charge in [-0.15, -0.1) is 0 Å². The van der Waals surface area contributed by atoms with Crippen LogP contribution in [0.4, 0.5) is 13.6 Å². The number of unbranched alkanes of at least 4 members (excludes halogenated alkanes) is 3. The lowest BCUT2D eigenvalue weighted by Gasteiger charge is -2.63. The van der Waals surface area contributed by atoms with Crippen molar-refractivity contribution in [1.29, 1.82) is 0 Å². The largest absolute Gasteiger partial charge is 0.509 e. The third-order valence-corrected chi connectivity index (χ3v) is 12.2. The summed E-state index contributed by atoms with van der Waals surface area (Å²) in [6.07, 6.45) is 4.25. The molecule has 9 atom stereocenters. The standard InChI is InChI=1S/C37H44F2O9S/c1-5-6-7-8-15-46-33(44)47-16-9-10-18-49-32(43)37(48-31(42)29-12-11-17-45-29)23(2)19-25-26-21-28(38)27-20-24(40)13-14-34(27,3)36(26,39)30(41)22-35(25,37)4/h11-14,17,20,23,25-26,28,30,41H,5-8,15-16,18-19,21-22H2,1-4H3/t23-,25+,26+,28+,30+,34+,35+,36+,37+/m1/s1. The van der Waals surface area contributed by atoms with Crippen molar-refractivity contribution < 1.29 is 51.7 Å². The van der Waals surface area contributed by atoms with Gasteiger partial charge < -0.3 is 23.7 Å². The number of esters is 1. The summed E-state index contributed by atoms with van der Waals surface area (Å²) in [6.45, 7) is 7.03. The molecule has 9 nitrogen and oxygen atoms in total. The smallest absolute Gasteiger partial charge is 0.457 e. The first-order valence-electron chi connectivity index (χ1n) is 16.9. The van der Waals surface area contributed by atoms with Gasteiger partial charge in [0.25, 0.3) is 0 Å². The van der Waals surface area contributed by atoms with E-state index in [0.29, 0.717) is 0 Å². The number of aliphatic hydroxyl groups excluding tert-OH is 1. The van der Waals surface area contributed by atoms with Crippen LogP contribution in [0.15, 0.2) is 46.6 Å². The lowest BCUT2D eigenvalue weighted by atomic mass is 9.44. The highest BCUT2D eigenvalue weighted by Gasteiger charge is 2.78. The summed E-state index contributed by atoms with van der Waals surface area (Å²) in [5.74, 6) is 1.53.